The first-order chi connectivity index (χ1) is 16.7. The Bertz CT molecular complexity index is 954. The molecule has 3 fully saturated rings. The molecule has 4 rings (SSSR count). The van der Waals surface area contributed by atoms with E-state index in [1.807, 2.05) is 0 Å². The normalized spacial score (nSPS) is 23.1. The Hall–Kier alpha value is -2.36. The van der Waals surface area contributed by atoms with Gasteiger partial charge in [0.15, 0.2) is 0 Å². The molecule has 192 valence electrons. The van der Waals surface area contributed by atoms with Gasteiger partial charge in [-0.2, -0.15) is 0 Å². The topological polar surface area (TPSA) is 96.4 Å². The number of amides is 4. The van der Waals surface area contributed by atoms with Crippen molar-refractivity contribution in [2.24, 2.45) is 5.41 Å². The zero-order chi connectivity index (χ0) is 25.2. The van der Waals surface area contributed by atoms with E-state index in [4.69, 9.17) is 11.6 Å². The SMILES string of the molecule is CN(C)C(=O)C(CCN1CCC2(CC2)[C@H](O)C1)N1CCN(C(=O)Nc2cccc(Cl)c2)CCC1=O. The Kier molecular flexibility index (Phi) is 7.88. The molecule has 35 heavy (non-hydrogen) atoms. The Balaban J connectivity index is 1.38. The van der Waals surface area contributed by atoms with Crippen LogP contribution in [0, 0.1) is 5.41 Å². The number of benzene rings is 1. The lowest BCUT2D eigenvalue weighted by Crippen LogP contribution is -2.52. The molecule has 3 aliphatic rings. The highest BCUT2D eigenvalue weighted by atomic mass is 35.5. The number of hydrogen-bond acceptors (Lipinski definition) is 5. The summed E-state index contributed by atoms with van der Waals surface area (Å²) >= 11 is 6.01. The van der Waals surface area contributed by atoms with Gasteiger partial charge in [-0.05, 0) is 55.8 Å². The van der Waals surface area contributed by atoms with Crippen molar-refractivity contribution in [3.8, 4) is 0 Å². The first-order valence-corrected chi connectivity index (χ1v) is 12.8. The molecule has 2 heterocycles. The summed E-state index contributed by atoms with van der Waals surface area (Å²) in [6.07, 6.45) is 3.54. The van der Waals surface area contributed by atoms with E-state index in [0.717, 1.165) is 25.8 Å². The van der Waals surface area contributed by atoms with E-state index >= 15 is 0 Å². The van der Waals surface area contributed by atoms with Gasteiger partial charge in [0, 0.05) is 63.9 Å². The van der Waals surface area contributed by atoms with Crippen LogP contribution in [0.3, 0.4) is 0 Å². The fourth-order valence-electron chi connectivity index (χ4n) is 5.18. The maximum Gasteiger partial charge on any atom is 0.321 e. The van der Waals surface area contributed by atoms with Crippen molar-refractivity contribution in [1.82, 2.24) is 19.6 Å². The van der Waals surface area contributed by atoms with Crippen molar-refractivity contribution < 1.29 is 19.5 Å². The Morgan fingerprint density at radius 3 is 2.63 bits per heavy atom. The average Bonchev–Trinajstić information content (AvgIpc) is 3.62. The molecule has 1 saturated carbocycles. The number of nitrogens with zero attached hydrogens (tertiary/aromatic N) is 4. The molecule has 1 aliphatic carbocycles. The van der Waals surface area contributed by atoms with Crippen LogP contribution in [0.1, 0.15) is 32.1 Å². The number of halogens is 1. The molecule has 0 bridgehead atoms. The van der Waals surface area contributed by atoms with E-state index in [1.165, 1.54) is 4.90 Å². The molecule has 10 heteroatoms. The van der Waals surface area contributed by atoms with Crippen molar-refractivity contribution in [3.63, 3.8) is 0 Å². The maximum absolute atomic E-state index is 13.1. The van der Waals surface area contributed by atoms with Crippen molar-refractivity contribution >= 4 is 35.1 Å². The quantitative estimate of drug-likeness (QED) is 0.617. The second kappa shape index (κ2) is 10.7. The first kappa shape index (κ1) is 25.7. The predicted octanol–water partition coefficient (Wildman–Crippen LogP) is 2.10. The molecule has 1 aromatic rings. The average molecular weight is 506 g/mol. The maximum atomic E-state index is 13.1. The summed E-state index contributed by atoms with van der Waals surface area (Å²) in [6.45, 7) is 3.07. The number of aliphatic hydroxyl groups is 1. The predicted molar refractivity (Wildman–Crippen MR) is 134 cm³/mol. The smallest absolute Gasteiger partial charge is 0.321 e. The van der Waals surface area contributed by atoms with Gasteiger partial charge in [0.05, 0.1) is 6.10 Å². The van der Waals surface area contributed by atoms with Crippen LogP contribution in [-0.4, -0.2) is 108 Å². The van der Waals surface area contributed by atoms with Crippen LogP contribution in [-0.2, 0) is 9.59 Å². The molecule has 1 spiro atoms. The van der Waals surface area contributed by atoms with Crippen molar-refractivity contribution in [2.45, 2.75) is 44.2 Å². The van der Waals surface area contributed by atoms with Crippen LogP contribution in [0.2, 0.25) is 5.02 Å². The van der Waals surface area contributed by atoms with Crippen LogP contribution in [0.15, 0.2) is 24.3 Å². The van der Waals surface area contributed by atoms with Crippen molar-refractivity contribution in [2.75, 3.05) is 58.7 Å². The Morgan fingerprint density at radius 1 is 1.20 bits per heavy atom. The fraction of sp³-hybridized carbons (Fsp3) is 0.640. The summed E-state index contributed by atoms with van der Waals surface area (Å²) in [5, 5.41) is 13.9. The minimum Gasteiger partial charge on any atom is -0.391 e. The zero-order valence-electron chi connectivity index (χ0n) is 20.6. The number of β-amino-alcohol motifs (C(OH)–C–C–N with tert-alkyl or cyclic N) is 1. The van der Waals surface area contributed by atoms with Gasteiger partial charge in [0.25, 0.3) is 0 Å². The summed E-state index contributed by atoms with van der Waals surface area (Å²) in [5.74, 6) is -0.245. The van der Waals surface area contributed by atoms with Gasteiger partial charge in [0.2, 0.25) is 11.8 Å². The summed E-state index contributed by atoms with van der Waals surface area (Å²) in [5.41, 5.74) is 0.720. The van der Waals surface area contributed by atoms with E-state index in [2.05, 4.69) is 10.2 Å². The molecule has 1 aromatic carbocycles. The van der Waals surface area contributed by atoms with Gasteiger partial charge in [-0.25, -0.2) is 4.79 Å². The monoisotopic (exact) mass is 505 g/mol. The van der Waals surface area contributed by atoms with Gasteiger partial charge in [-0.15, -0.1) is 0 Å². The number of piperidine rings is 1. The second-order valence-electron chi connectivity index (χ2n) is 10.2. The Labute approximate surface area is 212 Å². The number of nitrogens with one attached hydrogen (secondary N) is 1. The highest BCUT2D eigenvalue weighted by molar-refractivity contribution is 6.30. The summed E-state index contributed by atoms with van der Waals surface area (Å²) < 4.78 is 0. The van der Waals surface area contributed by atoms with E-state index in [9.17, 15) is 19.5 Å². The molecule has 1 unspecified atom stereocenters. The molecular formula is C25H36ClN5O4. The fourth-order valence-corrected chi connectivity index (χ4v) is 5.37. The molecule has 2 atom stereocenters. The second-order valence-corrected chi connectivity index (χ2v) is 10.7. The number of likely N-dealkylation sites (tertiary alicyclic amines) is 1. The lowest BCUT2D eigenvalue weighted by molar-refractivity contribution is -0.144. The minimum absolute atomic E-state index is 0.119. The van der Waals surface area contributed by atoms with Crippen LogP contribution in [0.5, 0.6) is 0 Å². The Morgan fingerprint density at radius 2 is 1.97 bits per heavy atom. The number of hydrogen-bond donors (Lipinski definition) is 2. The summed E-state index contributed by atoms with van der Waals surface area (Å²) in [4.78, 5) is 46.0. The third-order valence-corrected chi connectivity index (χ3v) is 7.90. The molecule has 2 aliphatic heterocycles. The van der Waals surface area contributed by atoms with Crippen LogP contribution in [0.25, 0.3) is 0 Å². The van der Waals surface area contributed by atoms with Gasteiger partial charge in [-0.1, -0.05) is 17.7 Å². The highest BCUT2D eigenvalue weighted by Crippen LogP contribution is 2.53. The van der Waals surface area contributed by atoms with Crippen molar-refractivity contribution in [1.29, 1.82) is 0 Å². The van der Waals surface area contributed by atoms with Gasteiger partial charge in [-0.3, -0.25) is 9.59 Å². The number of urea groups is 1. The number of rotatable bonds is 6. The number of carbonyl (C=O) groups is 3. The number of likely N-dealkylation sites (N-methyl/N-ethyl adjacent to an activating group) is 1. The molecule has 2 saturated heterocycles. The van der Waals surface area contributed by atoms with Gasteiger partial charge >= 0.3 is 6.03 Å². The number of aliphatic hydroxyl groups excluding tert-OH is 1. The third-order valence-electron chi connectivity index (χ3n) is 7.67. The minimum atomic E-state index is -0.595. The number of anilines is 1. The first-order valence-electron chi connectivity index (χ1n) is 12.4. The largest absolute Gasteiger partial charge is 0.391 e. The number of carbonyl (C=O) groups excluding carboxylic acids is 3. The van der Waals surface area contributed by atoms with E-state index in [-0.39, 0.29) is 48.9 Å². The summed E-state index contributed by atoms with van der Waals surface area (Å²) in [6, 6.07) is 6.03. The van der Waals surface area contributed by atoms with Gasteiger partial charge in [0.1, 0.15) is 6.04 Å². The standard InChI is InChI=1S/C25H36ClN5O4/c1-28(2)23(34)20(6-11-29-13-10-25(8-9-25)21(32)17-29)31-15-14-30(12-7-22(31)33)24(35)27-19-5-3-4-18(26)16-19/h3-5,16,20-21,32H,6-15,17H2,1-2H3,(H,27,35)/t20?,21-/m1/s1. The van der Waals surface area contributed by atoms with E-state index < -0.39 is 6.04 Å². The van der Waals surface area contributed by atoms with Crippen molar-refractivity contribution in [3.05, 3.63) is 29.3 Å². The van der Waals surface area contributed by atoms with Gasteiger partial charge < -0.3 is 30.0 Å². The molecule has 0 radical (unpaired) electrons. The molecule has 4 amide bonds. The molecule has 2 N–H and O–H groups in total. The van der Waals surface area contributed by atoms with Crippen LogP contribution < -0.4 is 5.32 Å². The highest BCUT2D eigenvalue weighted by Gasteiger charge is 2.51. The lowest BCUT2D eigenvalue weighted by Gasteiger charge is -2.38. The molecule has 9 nitrogen and oxygen atoms in total. The lowest BCUT2D eigenvalue weighted by atomic mass is 9.90. The molecular weight excluding hydrogens is 470 g/mol. The van der Waals surface area contributed by atoms with E-state index in [0.29, 0.717) is 36.8 Å². The van der Waals surface area contributed by atoms with Crippen LogP contribution in [0.4, 0.5) is 10.5 Å². The summed E-state index contributed by atoms with van der Waals surface area (Å²) in [7, 11) is 3.40. The van der Waals surface area contributed by atoms with Crippen LogP contribution >= 0.6 is 11.6 Å². The zero-order valence-corrected chi connectivity index (χ0v) is 21.3. The molecule has 0 aromatic heterocycles. The van der Waals surface area contributed by atoms with E-state index in [1.54, 1.807) is 48.2 Å². The third kappa shape index (κ3) is 6.08.